The zero-order valence-electron chi connectivity index (χ0n) is 13.0. The van der Waals surface area contributed by atoms with Crippen molar-refractivity contribution in [3.63, 3.8) is 0 Å². The molecule has 0 aliphatic heterocycles. The lowest BCUT2D eigenvalue weighted by molar-refractivity contribution is -0.122. The van der Waals surface area contributed by atoms with Crippen molar-refractivity contribution in [1.29, 1.82) is 0 Å². The van der Waals surface area contributed by atoms with Crippen molar-refractivity contribution < 1.29 is 24.5 Å². The minimum absolute atomic E-state index is 0.0774. The first-order chi connectivity index (χ1) is 11.3. The van der Waals surface area contributed by atoms with E-state index in [9.17, 15) is 14.7 Å². The fraction of sp³-hybridized carbons (Fsp3) is 0.176. The Balaban J connectivity index is 2.13. The first-order valence-corrected chi connectivity index (χ1v) is 7.45. The van der Waals surface area contributed by atoms with Crippen LogP contribution in [-0.2, 0) is 4.79 Å². The molecule has 0 heterocycles. The van der Waals surface area contributed by atoms with E-state index in [2.05, 4.69) is 5.32 Å². The summed E-state index contributed by atoms with van der Waals surface area (Å²) >= 11 is 5.87. The first kappa shape index (κ1) is 17.6. The molecule has 24 heavy (non-hydrogen) atoms. The minimum Gasteiger partial charge on any atom is -0.508 e. The van der Waals surface area contributed by atoms with Gasteiger partial charge < -0.3 is 20.3 Å². The summed E-state index contributed by atoms with van der Waals surface area (Å²) in [4.78, 5) is 23.4. The second-order valence-corrected chi connectivity index (χ2v) is 5.63. The molecular weight excluding hydrogens is 334 g/mol. The molecule has 7 heteroatoms. The quantitative estimate of drug-likeness (QED) is 0.718. The molecule has 0 aliphatic carbocycles. The lowest BCUT2D eigenvalue weighted by Gasteiger charge is -2.17. The van der Waals surface area contributed by atoms with E-state index in [1.807, 2.05) is 0 Å². The normalized spacial score (nSPS) is 11.6. The standard InChI is InChI=1S/C17H16ClNO5/c1-9-7-11(18)3-6-15(9)24-10(2)16(21)19-14-5-4-12(20)8-13(14)17(22)23/h3-8,10,20H,1-2H3,(H,19,21)(H,22,23). The maximum atomic E-state index is 12.2. The number of carbonyl (C=O) groups excluding carboxylic acids is 1. The summed E-state index contributed by atoms with van der Waals surface area (Å²) < 4.78 is 5.59. The first-order valence-electron chi connectivity index (χ1n) is 7.08. The number of nitrogens with one attached hydrogen (secondary N) is 1. The number of carbonyl (C=O) groups is 2. The molecule has 2 rings (SSSR count). The Kier molecular flexibility index (Phi) is 5.31. The summed E-state index contributed by atoms with van der Waals surface area (Å²) in [5, 5.41) is 21.5. The Hall–Kier alpha value is -2.73. The molecule has 0 spiro atoms. The molecule has 0 saturated heterocycles. The fourth-order valence-electron chi connectivity index (χ4n) is 2.04. The lowest BCUT2D eigenvalue weighted by atomic mass is 10.1. The number of amides is 1. The van der Waals surface area contributed by atoms with Crippen LogP contribution in [-0.4, -0.2) is 28.2 Å². The van der Waals surface area contributed by atoms with Crippen LogP contribution >= 0.6 is 11.6 Å². The predicted molar refractivity (Wildman–Crippen MR) is 90.0 cm³/mol. The largest absolute Gasteiger partial charge is 0.508 e. The summed E-state index contributed by atoms with van der Waals surface area (Å²) in [7, 11) is 0. The van der Waals surface area contributed by atoms with E-state index >= 15 is 0 Å². The van der Waals surface area contributed by atoms with Gasteiger partial charge in [-0.25, -0.2) is 4.79 Å². The van der Waals surface area contributed by atoms with Crippen LogP contribution < -0.4 is 10.1 Å². The number of carboxylic acids is 1. The number of hydrogen-bond acceptors (Lipinski definition) is 4. The maximum Gasteiger partial charge on any atom is 0.337 e. The number of hydrogen-bond donors (Lipinski definition) is 3. The van der Waals surface area contributed by atoms with E-state index < -0.39 is 18.0 Å². The summed E-state index contributed by atoms with van der Waals surface area (Å²) in [6.45, 7) is 3.35. The number of phenolic OH excluding ortho intramolecular Hbond substituents is 1. The monoisotopic (exact) mass is 349 g/mol. The maximum absolute atomic E-state index is 12.2. The molecule has 1 amide bonds. The third-order valence-corrected chi connectivity index (χ3v) is 3.54. The highest BCUT2D eigenvalue weighted by atomic mass is 35.5. The molecule has 6 nitrogen and oxygen atoms in total. The van der Waals surface area contributed by atoms with Crippen LogP contribution in [0.15, 0.2) is 36.4 Å². The highest BCUT2D eigenvalue weighted by Gasteiger charge is 2.19. The number of aryl methyl sites for hydroxylation is 1. The van der Waals surface area contributed by atoms with Crippen LogP contribution in [0, 0.1) is 6.92 Å². The second kappa shape index (κ2) is 7.23. The Bertz CT molecular complexity index is 791. The van der Waals surface area contributed by atoms with E-state index in [0.717, 1.165) is 11.6 Å². The summed E-state index contributed by atoms with van der Waals surface area (Å²) in [6.07, 6.45) is -0.861. The molecule has 2 aromatic carbocycles. The number of halogens is 1. The molecule has 2 aromatic rings. The predicted octanol–water partition coefficient (Wildman–Crippen LogP) is 3.46. The average molecular weight is 350 g/mol. The molecule has 0 bridgehead atoms. The van der Waals surface area contributed by atoms with E-state index in [0.29, 0.717) is 10.8 Å². The van der Waals surface area contributed by atoms with E-state index in [-0.39, 0.29) is 17.0 Å². The van der Waals surface area contributed by atoms with Crippen molar-refractivity contribution >= 4 is 29.2 Å². The topological polar surface area (TPSA) is 95.9 Å². The zero-order chi connectivity index (χ0) is 17.9. The van der Waals surface area contributed by atoms with E-state index in [1.54, 1.807) is 32.0 Å². The van der Waals surface area contributed by atoms with Crippen LogP contribution in [0.4, 0.5) is 5.69 Å². The van der Waals surface area contributed by atoms with Crippen LogP contribution in [0.1, 0.15) is 22.8 Å². The Morgan fingerprint density at radius 1 is 1.21 bits per heavy atom. The third-order valence-electron chi connectivity index (χ3n) is 3.30. The van der Waals surface area contributed by atoms with Crippen LogP contribution in [0.5, 0.6) is 11.5 Å². The molecule has 0 radical (unpaired) electrons. The van der Waals surface area contributed by atoms with Crippen molar-refractivity contribution in [2.24, 2.45) is 0 Å². The lowest BCUT2D eigenvalue weighted by Crippen LogP contribution is -2.31. The summed E-state index contributed by atoms with van der Waals surface area (Å²) in [5.41, 5.74) is 0.643. The third kappa shape index (κ3) is 4.17. The Labute approximate surface area is 143 Å². The Morgan fingerprint density at radius 2 is 1.92 bits per heavy atom. The molecule has 3 N–H and O–H groups in total. The number of ether oxygens (including phenoxy) is 1. The minimum atomic E-state index is -1.26. The van der Waals surface area contributed by atoms with E-state index in [4.69, 9.17) is 21.4 Å². The van der Waals surface area contributed by atoms with Crippen molar-refractivity contribution in [2.45, 2.75) is 20.0 Å². The second-order valence-electron chi connectivity index (χ2n) is 5.19. The molecule has 0 saturated carbocycles. The number of aromatic carboxylic acids is 1. The van der Waals surface area contributed by atoms with Crippen molar-refractivity contribution in [2.75, 3.05) is 5.32 Å². The number of carboxylic acid groups (broad SMARTS) is 1. The van der Waals surface area contributed by atoms with Crippen LogP contribution in [0.3, 0.4) is 0 Å². The van der Waals surface area contributed by atoms with Crippen molar-refractivity contribution in [1.82, 2.24) is 0 Å². The summed E-state index contributed by atoms with van der Waals surface area (Å²) in [6, 6.07) is 8.69. The van der Waals surface area contributed by atoms with Gasteiger partial charge in [0, 0.05) is 5.02 Å². The Morgan fingerprint density at radius 3 is 2.54 bits per heavy atom. The number of benzene rings is 2. The smallest absolute Gasteiger partial charge is 0.337 e. The number of rotatable bonds is 5. The molecule has 0 aliphatic rings. The van der Waals surface area contributed by atoms with Gasteiger partial charge in [-0.05, 0) is 55.8 Å². The van der Waals surface area contributed by atoms with E-state index in [1.165, 1.54) is 12.1 Å². The van der Waals surface area contributed by atoms with Crippen LogP contribution in [0.2, 0.25) is 5.02 Å². The fourth-order valence-corrected chi connectivity index (χ4v) is 2.27. The highest BCUT2D eigenvalue weighted by Crippen LogP contribution is 2.24. The zero-order valence-corrected chi connectivity index (χ0v) is 13.8. The molecule has 1 unspecified atom stereocenters. The highest BCUT2D eigenvalue weighted by molar-refractivity contribution is 6.30. The van der Waals surface area contributed by atoms with Crippen molar-refractivity contribution in [3.8, 4) is 11.5 Å². The number of anilines is 1. The van der Waals surface area contributed by atoms with Gasteiger partial charge in [0.15, 0.2) is 6.10 Å². The van der Waals surface area contributed by atoms with Gasteiger partial charge in [0.2, 0.25) is 0 Å². The molecule has 1 atom stereocenters. The van der Waals surface area contributed by atoms with Gasteiger partial charge in [-0.1, -0.05) is 11.6 Å². The molecule has 126 valence electrons. The van der Waals surface area contributed by atoms with Gasteiger partial charge in [0.1, 0.15) is 11.5 Å². The SMILES string of the molecule is Cc1cc(Cl)ccc1OC(C)C(=O)Nc1ccc(O)cc1C(=O)O. The van der Waals surface area contributed by atoms with Gasteiger partial charge >= 0.3 is 5.97 Å². The van der Waals surface area contributed by atoms with Gasteiger partial charge in [0.25, 0.3) is 5.91 Å². The molecular formula is C17H16ClNO5. The van der Waals surface area contributed by atoms with Crippen LogP contribution in [0.25, 0.3) is 0 Å². The van der Waals surface area contributed by atoms with Gasteiger partial charge in [-0.15, -0.1) is 0 Å². The van der Waals surface area contributed by atoms with Gasteiger partial charge in [-0.3, -0.25) is 4.79 Å². The van der Waals surface area contributed by atoms with Gasteiger partial charge in [0.05, 0.1) is 11.3 Å². The number of aromatic hydroxyl groups is 1. The number of phenols is 1. The van der Waals surface area contributed by atoms with Gasteiger partial charge in [-0.2, -0.15) is 0 Å². The molecule has 0 aromatic heterocycles. The average Bonchev–Trinajstić information content (AvgIpc) is 2.51. The summed E-state index contributed by atoms with van der Waals surface area (Å²) in [5.74, 6) is -1.47. The molecule has 0 fully saturated rings. The van der Waals surface area contributed by atoms with Crippen molar-refractivity contribution in [3.05, 3.63) is 52.5 Å².